The smallest absolute Gasteiger partial charge is 0.187 e. The third-order valence-electron chi connectivity index (χ3n) is 4.81. The van der Waals surface area contributed by atoms with Gasteiger partial charge in [-0.2, -0.15) is 0 Å². The monoisotopic (exact) mass is 382 g/mol. The molecule has 0 saturated carbocycles. The van der Waals surface area contributed by atoms with Crippen LogP contribution in [0.2, 0.25) is 0 Å². The van der Waals surface area contributed by atoms with Crippen molar-refractivity contribution < 1.29 is 50.0 Å². The van der Waals surface area contributed by atoms with Crippen molar-refractivity contribution in [1.29, 1.82) is 0 Å². The molecule has 0 aromatic carbocycles. The van der Waals surface area contributed by atoms with E-state index in [1.807, 2.05) is 13.8 Å². The van der Waals surface area contributed by atoms with E-state index in [0.717, 1.165) is 0 Å². The number of ether oxygens (including phenoxy) is 3. The zero-order valence-corrected chi connectivity index (χ0v) is 14.8. The van der Waals surface area contributed by atoms with Gasteiger partial charge in [0.1, 0.15) is 48.8 Å². The van der Waals surface area contributed by atoms with Crippen molar-refractivity contribution in [2.45, 2.75) is 81.5 Å². The second-order valence-electron chi connectivity index (χ2n) is 7.30. The maximum Gasteiger partial charge on any atom is 0.187 e. The molecule has 2 aliphatic rings. The van der Waals surface area contributed by atoms with E-state index >= 15 is 0 Å². The first kappa shape index (κ1) is 21.9. The highest BCUT2D eigenvalue weighted by Crippen LogP contribution is 2.30. The Hall–Kier alpha value is -0.400. The van der Waals surface area contributed by atoms with Crippen molar-refractivity contribution in [3.05, 3.63) is 0 Å². The van der Waals surface area contributed by atoms with E-state index in [9.17, 15) is 35.7 Å². The summed E-state index contributed by atoms with van der Waals surface area (Å²) in [5.41, 5.74) is 0. The summed E-state index contributed by atoms with van der Waals surface area (Å²) >= 11 is 0. The summed E-state index contributed by atoms with van der Waals surface area (Å²) in [6.07, 6.45) is -12.7. The van der Waals surface area contributed by atoms with Gasteiger partial charge in [0.15, 0.2) is 6.29 Å². The Balaban J connectivity index is 2.11. The fourth-order valence-electron chi connectivity index (χ4n) is 3.33. The Labute approximate surface area is 151 Å². The molecule has 2 rings (SSSR count). The Morgan fingerprint density at radius 3 is 1.85 bits per heavy atom. The molecule has 0 aliphatic carbocycles. The molecule has 2 fully saturated rings. The lowest BCUT2D eigenvalue weighted by Crippen LogP contribution is -2.64. The second-order valence-corrected chi connectivity index (χ2v) is 7.30. The van der Waals surface area contributed by atoms with Gasteiger partial charge in [0.2, 0.25) is 0 Å². The summed E-state index contributed by atoms with van der Waals surface area (Å²) in [6.45, 7) is 2.71. The molecule has 10 unspecified atom stereocenters. The summed E-state index contributed by atoms with van der Waals surface area (Å²) in [6, 6.07) is 0. The number of aliphatic hydroxyl groups excluding tert-OH is 7. The molecule has 0 bridgehead atoms. The van der Waals surface area contributed by atoms with Gasteiger partial charge in [0.25, 0.3) is 0 Å². The summed E-state index contributed by atoms with van der Waals surface area (Å²) in [7, 11) is 0. The SMILES string of the molecule is CC(C)CC1OC(CO)C(OC2OC(CO)C(O)C(O)C2O)C(O)C1O. The van der Waals surface area contributed by atoms with Crippen LogP contribution >= 0.6 is 0 Å². The van der Waals surface area contributed by atoms with Gasteiger partial charge in [-0.3, -0.25) is 0 Å². The molecular weight excluding hydrogens is 352 g/mol. The van der Waals surface area contributed by atoms with Crippen molar-refractivity contribution in [2.75, 3.05) is 13.2 Å². The van der Waals surface area contributed by atoms with E-state index in [-0.39, 0.29) is 5.92 Å². The first-order chi connectivity index (χ1) is 12.2. The van der Waals surface area contributed by atoms with Gasteiger partial charge in [-0.15, -0.1) is 0 Å². The standard InChI is InChI=1S/C16H30O10/c1-6(2)3-7-10(19)13(22)15(9(5-18)24-7)26-16-14(23)12(21)11(20)8(4-17)25-16/h6-23H,3-5H2,1-2H3. The molecule has 154 valence electrons. The highest BCUT2D eigenvalue weighted by Gasteiger charge is 2.50. The maximum atomic E-state index is 10.4. The summed E-state index contributed by atoms with van der Waals surface area (Å²) in [5, 5.41) is 69.1. The van der Waals surface area contributed by atoms with E-state index in [4.69, 9.17) is 14.2 Å². The number of aliphatic hydroxyl groups is 7. The molecule has 0 amide bonds. The highest BCUT2D eigenvalue weighted by atomic mass is 16.7. The minimum atomic E-state index is -1.66. The summed E-state index contributed by atoms with van der Waals surface area (Å²) in [4.78, 5) is 0. The molecule has 7 N–H and O–H groups in total. The molecule has 10 heteroatoms. The fraction of sp³-hybridized carbons (Fsp3) is 1.00. The normalized spacial score (nSPS) is 47.3. The Bertz CT molecular complexity index is 431. The van der Waals surface area contributed by atoms with Crippen molar-refractivity contribution in [3.63, 3.8) is 0 Å². The van der Waals surface area contributed by atoms with Crippen LogP contribution in [0.1, 0.15) is 20.3 Å². The Morgan fingerprint density at radius 1 is 0.731 bits per heavy atom. The van der Waals surface area contributed by atoms with E-state index in [2.05, 4.69) is 0 Å². The lowest BCUT2D eigenvalue weighted by molar-refractivity contribution is -0.342. The van der Waals surface area contributed by atoms with Crippen LogP contribution in [0.15, 0.2) is 0 Å². The molecule has 10 atom stereocenters. The largest absolute Gasteiger partial charge is 0.394 e. The molecule has 10 nitrogen and oxygen atoms in total. The van der Waals surface area contributed by atoms with Gasteiger partial charge >= 0.3 is 0 Å². The first-order valence-corrected chi connectivity index (χ1v) is 8.79. The molecule has 0 aromatic heterocycles. The van der Waals surface area contributed by atoms with E-state index in [0.29, 0.717) is 6.42 Å². The fourth-order valence-corrected chi connectivity index (χ4v) is 3.33. The predicted octanol–water partition coefficient (Wildman–Crippen LogP) is -3.30. The summed E-state index contributed by atoms with van der Waals surface area (Å²) < 4.78 is 16.4. The lowest BCUT2D eigenvalue weighted by Gasteiger charge is -2.46. The summed E-state index contributed by atoms with van der Waals surface area (Å²) in [5.74, 6) is 0.184. The van der Waals surface area contributed by atoms with E-state index < -0.39 is 74.4 Å². The van der Waals surface area contributed by atoms with Crippen molar-refractivity contribution >= 4 is 0 Å². The second kappa shape index (κ2) is 9.20. The molecule has 0 spiro atoms. The number of rotatable bonds is 6. The maximum absolute atomic E-state index is 10.4. The minimum Gasteiger partial charge on any atom is -0.394 e. The molecule has 2 aliphatic heterocycles. The van der Waals surface area contributed by atoms with Gasteiger partial charge in [0.05, 0.1) is 19.3 Å². The molecule has 2 saturated heterocycles. The van der Waals surface area contributed by atoms with Gasteiger partial charge in [-0.1, -0.05) is 13.8 Å². The van der Waals surface area contributed by atoms with Crippen LogP contribution in [-0.2, 0) is 14.2 Å². The molecule has 0 radical (unpaired) electrons. The van der Waals surface area contributed by atoms with E-state index in [1.54, 1.807) is 0 Å². The zero-order chi connectivity index (χ0) is 19.6. The number of hydrogen-bond acceptors (Lipinski definition) is 10. The lowest BCUT2D eigenvalue weighted by atomic mass is 9.90. The first-order valence-electron chi connectivity index (χ1n) is 8.79. The number of hydrogen-bond donors (Lipinski definition) is 7. The van der Waals surface area contributed by atoms with Crippen LogP contribution in [0.5, 0.6) is 0 Å². The quantitative estimate of drug-likeness (QED) is 0.247. The van der Waals surface area contributed by atoms with E-state index in [1.165, 1.54) is 0 Å². The Kier molecular flexibility index (Phi) is 7.74. The average molecular weight is 382 g/mol. The van der Waals surface area contributed by atoms with Crippen molar-refractivity contribution in [2.24, 2.45) is 5.92 Å². The van der Waals surface area contributed by atoms with Gasteiger partial charge in [0, 0.05) is 0 Å². The minimum absolute atomic E-state index is 0.184. The third-order valence-corrected chi connectivity index (χ3v) is 4.81. The van der Waals surface area contributed by atoms with Crippen LogP contribution in [0.4, 0.5) is 0 Å². The van der Waals surface area contributed by atoms with Gasteiger partial charge in [-0.05, 0) is 12.3 Å². The predicted molar refractivity (Wildman–Crippen MR) is 85.9 cm³/mol. The molecule has 0 aromatic rings. The van der Waals surface area contributed by atoms with Crippen LogP contribution in [0.25, 0.3) is 0 Å². The topological polar surface area (TPSA) is 169 Å². The van der Waals surface area contributed by atoms with Crippen LogP contribution < -0.4 is 0 Å². The Morgan fingerprint density at radius 2 is 1.31 bits per heavy atom. The van der Waals surface area contributed by atoms with Crippen LogP contribution in [0, 0.1) is 5.92 Å². The van der Waals surface area contributed by atoms with Gasteiger partial charge in [-0.25, -0.2) is 0 Å². The molecular formula is C16H30O10. The van der Waals surface area contributed by atoms with Gasteiger partial charge < -0.3 is 50.0 Å². The zero-order valence-electron chi connectivity index (χ0n) is 14.8. The van der Waals surface area contributed by atoms with Crippen molar-refractivity contribution in [1.82, 2.24) is 0 Å². The highest BCUT2D eigenvalue weighted by molar-refractivity contribution is 4.95. The molecule has 26 heavy (non-hydrogen) atoms. The average Bonchev–Trinajstić information content (AvgIpc) is 2.60. The molecule has 2 heterocycles. The third kappa shape index (κ3) is 4.53. The van der Waals surface area contributed by atoms with Crippen molar-refractivity contribution in [3.8, 4) is 0 Å². The van der Waals surface area contributed by atoms with Crippen LogP contribution in [0.3, 0.4) is 0 Å². The van der Waals surface area contributed by atoms with Crippen LogP contribution in [-0.4, -0.2) is 110 Å².